The predicted octanol–water partition coefficient (Wildman–Crippen LogP) is 4.30. The first-order valence-electron chi connectivity index (χ1n) is 11.8. The van der Waals surface area contributed by atoms with Gasteiger partial charge in [0.05, 0.1) is 21.8 Å². The largest absolute Gasteiger partial charge is 0.497 e. The third-order valence-corrected chi connectivity index (χ3v) is 18.5. The molecule has 182 valence electrons. The molecule has 4 aromatic rings. The average Bonchev–Trinajstić information content (AvgIpc) is 3.37. The van der Waals surface area contributed by atoms with Gasteiger partial charge in [0.15, 0.2) is 0 Å². The number of benzene rings is 3. The summed E-state index contributed by atoms with van der Waals surface area (Å²) < 4.78 is 13.2. The van der Waals surface area contributed by atoms with Crippen LogP contribution in [0.2, 0.25) is 23.8 Å². The first kappa shape index (κ1) is 25.2. The SMILES string of the molecule is CCOc1ccc([Si](Cn2cncn2)(C[Si](C)(C)c2ccc(Cl)cc2)c2ccc(OC)cc2)cc1. The molecule has 1 atom stereocenters. The summed E-state index contributed by atoms with van der Waals surface area (Å²) in [6, 6.07) is 25.8. The Hall–Kier alpha value is -2.88. The normalized spacial score (nSPS) is 13.3. The van der Waals surface area contributed by atoms with Crippen molar-refractivity contribution in [1.29, 1.82) is 0 Å². The summed E-state index contributed by atoms with van der Waals surface area (Å²) >= 11 is 6.23. The standard InChI is InChI=1S/C27H32ClN3O2Si2/c1-5-33-24-10-16-27(17-11-24)35(20-31-19-29-18-30-31,26-14-8-23(32-2)9-15-26)21-34(3,4)25-12-6-22(28)7-13-25/h6-19H,5,20-21H2,1-4H3. The fourth-order valence-electron chi connectivity index (χ4n) is 4.90. The Morgan fingerprint density at radius 1 is 0.829 bits per heavy atom. The van der Waals surface area contributed by atoms with Crippen LogP contribution >= 0.6 is 11.6 Å². The Labute approximate surface area is 214 Å². The quantitative estimate of drug-likeness (QED) is 0.292. The van der Waals surface area contributed by atoms with Crippen molar-refractivity contribution in [3.8, 4) is 11.5 Å². The summed E-state index contributed by atoms with van der Waals surface area (Å²) in [5, 5.41) is 9.42. The molecule has 0 radical (unpaired) electrons. The lowest BCUT2D eigenvalue weighted by atomic mass is 10.3. The molecule has 1 unspecified atom stereocenters. The zero-order valence-corrected chi connectivity index (χ0v) is 23.5. The van der Waals surface area contributed by atoms with Crippen LogP contribution in [-0.2, 0) is 6.17 Å². The maximum Gasteiger partial charge on any atom is 0.138 e. The van der Waals surface area contributed by atoms with E-state index in [0.717, 1.165) is 28.4 Å². The molecule has 8 heteroatoms. The second kappa shape index (κ2) is 10.8. The minimum atomic E-state index is -2.39. The van der Waals surface area contributed by atoms with Gasteiger partial charge in [-0.1, -0.05) is 76.7 Å². The number of hydrogen-bond donors (Lipinski definition) is 0. The van der Waals surface area contributed by atoms with Crippen molar-refractivity contribution >= 4 is 43.3 Å². The number of rotatable bonds is 10. The van der Waals surface area contributed by atoms with Gasteiger partial charge in [-0.05, 0) is 49.0 Å². The van der Waals surface area contributed by atoms with Crippen LogP contribution in [0.25, 0.3) is 0 Å². The van der Waals surface area contributed by atoms with Gasteiger partial charge in [-0.2, -0.15) is 5.10 Å². The third-order valence-electron chi connectivity index (χ3n) is 6.63. The molecule has 0 saturated carbocycles. The minimum absolute atomic E-state index is 0.649. The third kappa shape index (κ3) is 5.69. The molecule has 5 nitrogen and oxygen atoms in total. The summed E-state index contributed by atoms with van der Waals surface area (Å²) in [4.78, 5) is 4.25. The molecule has 4 rings (SSSR count). The van der Waals surface area contributed by atoms with Gasteiger partial charge < -0.3 is 9.47 Å². The van der Waals surface area contributed by atoms with Gasteiger partial charge in [0.2, 0.25) is 0 Å². The first-order chi connectivity index (χ1) is 16.9. The smallest absolute Gasteiger partial charge is 0.138 e. The molecule has 0 aliphatic rings. The molecular formula is C27H32ClN3O2Si2. The van der Waals surface area contributed by atoms with E-state index in [1.165, 1.54) is 15.6 Å². The molecule has 0 aliphatic heterocycles. The van der Waals surface area contributed by atoms with E-state index in [1.807, 2.05) is 30.1 Å². The van der Waals surface area contributed by atoms with Crippen LogP contribution in [0, 0.1) is 0 Å². The van der Waals surface area contributed by atoms with Crippen LogP contribution in [0.15, 0.2) is 85.5 Å². The molecule has 3 aromatic carbocycles. The zero-order valence-electron chi connectivity index (χ0n) is 20.7. The molecule has 0 amide bonds. The minimum Gasteiger partial charge on any atom is -0.497 e. The topological polar surface area (TPSA) is 49.2 Å². The highest BCUT2D eigenvalue weighted by atomic mass is 35.5. The van der Waals surface area contributed by atoms with Crippen LogP contribution in [0.1, 0.15) is 6.92 Å². The summed E-state index contributed by atoms with van der Waals surface area (Å²) in [6.07, 6.45) is 4.25. The first-order valence-corrected chi connectivity index (χ1v) is 17.8. The Kier molecular flexibility index (Phi) is 7.79. The molecule has 35 heavy (non-hydrogen) atoms. The van der Waals surface area contributed by atoms with Gasteiger partial charge in [0, 0.05) is 11.2 Å². The molecule has 0 saturated heterocycles. The number of aromatic nitrogens is 3. The summed E-state index contributed by atoms with van der Waals surface area (Å²) in [5.74, 6) is 1.75. The number of ether oxygens (including phenoxy) is 2. The van der Waals surface area contributed by atoms with E-state index in [9.17, 15) is 0 Å². The van der Waals surface area contributed by atoms with Crippen molar-refractivity contribution in [3.05, 3.63) is 90.5 Å². The Bertz CT molecular complexity index is 1220. The van der Waals surface area contributed by atoms with Crippen LogP contribution in [0.4, 0.5) is 0 Å². The maximum absolute atomic E-state index is 6.23. The highest BCUT2D eigenvalue weighted by Gasteiger charge is 2.44. The van der Waals surface area contributed by atoms with E-state index in [4.69, 9.17) is 21.1 Å². The van der Waals surface area contributed by atoms with Gasteiger partial charge in [-0.25, -0.2) is 4.98 Å². The van der Waals surface area contributed by atoms with Gasteiger partial charge in [0.25, 0.3) is 0 Å². The molecule has 1 heterocycles. The van der Waals surface area contributed by atoms with E-state index in [1.54, 1.807) is 13.4 Å². The van der Waals surface area contributed by atoms with Crippen molar-refractivity contribution in [2.75, 3.05) is 13.7 Å². The number of nitrogens with zero attached hydrogens (tertiary/aromatic N) is 3. The second-order valence-corrected chi connectivity index (χ2v) is 19.3. The van der Waals surface area contributed by atoms with Crippen molar-refractivity contribution in [1.82, 2.24) is 14.8 Å². The van der Waals surface area contributed by atoms with Crippen molar-refractivity contribution in [3.63, 3.8) is 0 Å². The Balaban J connectivity index is 1.89. The average molecular weight is 522 g/mol. The summed E-state index contributed by atoms with van der Waals surface area (Å²) in [6.45, 7) is 7.57. The Morgan fingerprint density at radius 2 is 1.40 bits per heavy atom. The van der Waals surface area contributed by atoms with Gasteiger partial charge in [-0.15, -0.1) is 0 Å². The van der Waals surface area contributed by atoms with Crippen LogP contribution in [0.3, 0.4) is 0 Å². The highest BCUT2D eigenvalue weighted by molar-refractivity contribution is 7.12. The summed E-state index contributed by atoms with van der Waals surface area (Å²) in [5.41, 5.74) is 1.10. The predicted molar refractivity (Wildman–Crippen MR) is 149 cm³/mol. The van der Waals surface area contributed by atoms with E-state index in [2.05, 4.69) is 83.8 Å². The van der Waals surface area contributed by atoms with E-state index in [0.29, 0.717) is 6.61 Å². The van der Waals surface area contributed by atoms with Gasteiger partial charge >= 0.3 is 0 Å². The van der Waals surface area contributed by atoms with Crippen LogP contribution < -0.4 is 25.0 Å². The number of hydrogen-bond acceptors (Lipinski definition) is 4. The number of methoxy groups -OCH3 is 1. The molecule has 0 bridgehead atoms. The van der Waals surface area contributed by atoms with Crippen molar-refractivity contribution in [2.45, 2.75) is 31.9 Å². The van der Waals surface area contributed by atoms with E-state index < -0.39 is 16.1 Å². The lowest BCUT2D eigenvalue weighted by molar-refractivity contribution is 0.340. The molecular weight excluding hydrogens is 490 g/mol. The van der Waals surface area contributed by atoms with Crippen molar-refractivity contribution in [2.24, 2.45) is 0 Å². The fraction of sp³-hybridized carbons (Fsp3) is 0.259. The van der Waals surface area contributed by atoms with Gasteiger partial charge in [-0.3, -0.25) is 4.68 Å². The highest BCUT2D eigenvalue weighted by Crippen LogP contribution is 2.25. The van der Waals surface area contributed by atoms with Crippen molar-refractivity contribution < 1.29 is 9.47 Å². The Morgan fingerprint density at radius 3 is 1.91 bits per heavy atom. The molecule has 0 fully saturated rings. The molecule has 0 spiro atoms. The van der Waals surface area contributed by atoms with Crippen LogP contribution in [-0.4, -0.2) is 44.6 Å². The second-order valence-electron chi connectivity index (χ2n) is 9.43. The van der Waals surface area contributed by atoms with Gasteiger partial charge in [0.1, 0.15) is 32.2 Å². The lowest BCUT2D eigenvalue weighted by Crippen LogP contribution is -2.66. The summed E-state index contributed by atoms with van der Waals surface area (Å²) in [7, 11) is -2.59. The van der Waals surface area contributed by atoms with E-state index in [-0.39, 0.29) is 0 Å². The zero-order chi connectivity index (χ0) is 24.9. The van der Waals surface area contributed by atoms with E-state index >= 15 is 0 Å². The molecule has 0 aliphatic carbocycles. The molecule has 0 N–H and O–H groups in total. The monoisotopic (exact) mass is 521 g/mol. The number of halogens is 1. The maximum atomic E-state index is 6.23. The lowest BCUT2D eigenvalue weighted by Gasteiger charge is -2.39. The molecule has 1 aromatic heterocycles. The van der Waals surface area contributed by atoms with Crippen LogP contribution in [0.5, 0.6) is 11.5 Å². The fourth-order valence-corrected chi connectivity index (χ4v) is 18.1.